The first kappa shape index (κ1) is 21.0. The first-order valence-corrected chi connectivity index (χ1v) is 11.9. The Balaban J connectivity index is 1.41. The molecule has 2 amide bonds. The zero-order chi connectivity index (χ0) is 22.1. The molecule has 0 bridgehead atoms. The molecular weight excluding hydrogens is 400 g/mol. The fourth-order valence-corrected chi connectivity index (χ4v) is 5.40. The Morgan fingerprint density at radius 1 is 1.16 bits per heavy atom. The molecule has 1 saturated carbocycles. The highest BCUT2D eigenvalue weighted by atomic mass is 16.2. The molecule has 3 fully saturated rings. The van der Waals surface area contributed by atoms with Crippen molar-refractivity contribution >= 4 is 17.6 Å². The van der Waals surface area contributed by atoms with Crippen LogP contribution >= 0.6 is 0 Å². The van der Waals surface area contributed by atoms with Crippen LogP contribution in [0, 0.1) is 24.2 Å². The van der Waals surface area contributed by atoms with Gasteiger partial charge in [-0.1, -0.05) is 23.8 Å². The van der Waals surface area contributed by atoms with Gasteiger partial charge in [-0.3, -0.25) is 9.59 Å². The largest absolute Gasteiger partial charge is 0.355 e. The van der Waals surface area contributed by atoms with E-state index in [-0.39, 0.29) is 17.7 Å². The van der Waals surface area contributed by atoms with Gasteiger partial charge in [-0.15, -0.1) is 0 Å². The van der Waals surface area contributed by atoms with Gasteiger partial charge in [0.25, 0.3) is 5.91 Å². The molecule has 2 saturated heterocycles. The van der Waals surface area contributed by atoms with Crippen LogP contribution in [0.3, 0.4) is 0 Å². The van der Waals surface area contributed by atoms with Crippen molar-refractivity contribution in [2.45, 2.75) is 32.6 Å². The summed E-state index contributed by atoms with van der Waals surface area (Å²) in [7, 11) is 0. The van der Waals surface area contributed by atoms with Crippen LogP contribution in [0.15, 0.2) is 48.7 Å². The second-order valence-electron chi connectivity index (χ2n) is 9.80. The average Bonchev–Trinajstić information content (AvgIpc) is 3.60. The molecule has 1 aliphatic carbocycles. The Labute approximate surface area is 190 Å². The molecule has 2 aromatic rings. The highest BCUT2D eigenvalue weighted by molar-refractivity contribution is 5.94. The Kier molecular flexibility index (Phi) is 5.62. The van der Waals surface area contributed by atoms with E-state index in [0.717, 1.165) is 42.9 Å². The summed E-state index contributed by atoms with van der Waals surface area (Å²) < 4.78 is 0. The number of pyridine rings is 1. The van der Waals surface area contributed by atoms with Gasteiger partial charge in [-0.05, 0) is 62.8 Å². The summed E-state index contributed by atoms with van der Waals surface area (Å²) in [6.45, 7) is 5.50. The van der Waals surface area contributed by atoms with Crippen LogP contribution in [0.25, 0.3) is 0 Å². The maximum atomic E-state index is 13.6. The van der Waals surface area contributed by atoms with Crippen molar-refractivity contribution in [2.24, 2.45) is 17.3 Å². The molecule has 0 unspecified atom stereocenters. The minimum Gasteiger partial charge on any atom is -0.355 e. The summed E-state index contributed by atoms with van der Waals surface area (Å²) in [5.74, 6) is 1.87. The molecule has 6 heteroatoms. The molecule has 1 N–H and O–H groups in total. The normalized spacial score (nSPS) is 25.2. The van der Waals surface area contributed by atoms with Crippen LogP contribution in [0.4, 0.5) is 5.82 Å². The standard InChI is InChI=1S/C26H32N4O2/c1-19-6-4-7-21(14-19)24(31)29-13-5-11-26(25(32)28-15-20-9-10-20)18-30(17-22(26)16-29)23-8-2-3-12-27-23/h2-4,6-8,12,14,20,22H,5,9-11,13,15-18H2,1H3,(H,28,32)/t22-,26-/m1/s1. The smallest absolute Gasteiger partial charge is 0.253 e. The van der Waals surface area contributed by atoms with Crippen molar-refractivity contribution in [2.75, 3.05) is 37.6 Å². The van der Waals surface area contributed by atoms with E-state index in [1.807, 2.05) is 54.3 Å². The van der Waals surface area contributed by atoms with Crippen LogP contribution in [-0.2, 0) is 4.79 Å². The molecule has 1 aromatic heterocycles. The summed E-state index contributed by atoms with van der Waals surface area (Å²) >= 11 is 0. The average molecular weight is 433 g/mol. The molecule has 0 radical (unpaired) electrons. The molecule has 0 spiro atoms. The van der Waals surface area contributed by atoms with Crippen LogP contribution < -0.4 is 10.2 Å². The molecule has 168 valence electrons. The van der Waals surface area contributed by atoms with Gasteiger partial charge in [-0.25, -0.2) is 4.98 Å². The number of rotatable bonds is 5. The third-order valence-electron chi connectivity index (χ3n) is 7.41. The van der Waals surface area contributed by atoms with E-state index in [9.17, 15) is 9.59 Å². The van der Waals surface area contributed by atoms with Crippen molar-refractivity contribution in [1.82, 2.24) is 15.2 Å². The van der Waals surface area contributed by atoms with Crippen molar-refractivity contribution in [3.05, 3.63) is 59.8 Å². The minimum absolute atomic E-state index is 0.0687. The van der Waals surface area contributed by atoms with E-state index >= 15 is 0 Å². The van der Waals surface area contributed by atoms with Crippen LogP contribution in [0.5, 0.6) is 0 Å². The SMILES string of the molecule is Cc1cccc(C(=O)N2CCC[C@@]3(C(=O)NCC4CC4)CN(c4ccccn4)C[C@H]3C2)c1. The molecule has 3 aliphatic rings. The van der Waals surface area contributed by atoms with Gasteiger partial charge in [0.05, 0.1) is 5.41 Å². The Hall–Kier alpha value is -2.89. The first-order valence-electron chi connectivity index (χ1n) is 11.9. The van der Waals surface area contributed by atoms with Crippen LogP contribution in [-0.4, -0.2) is 54.4 Å². The molecule has 3 heterocycles. The zero-order valence-corrected chi connectivity index (χ0v) is 18.8. The summed E-state index contributed by atoms with van der Waals surface area (Å²) in [5.41, 5.74) is 1.34. The van der Waals surface area contributed by atoms with E-state index in [1.54, 1.807) is 6.20 Å². The number of carbonyl (C=O) groups excluding carboxylic acids is 2. The summed E-state index contributed by atoms with van der Waals surface area (Å²) in [6.07, 6.45) is 5.87. The van der Waals surface area contributed by atoms with Gasteiger partial charge in [-0.2, -0.15) is 0 Å². The van der Waals surface area contributed by atoms with E-state index in [2.05, 4.69) is 15.2 Å². The number of anilines is 1. The fraction of sp³-hybridized carbons (Fsp3) is 0.500. The number of carbonyl (C=O) groups is 2. The Morgan fingerprint density at radius 2 is 2.03 bits per heavy atom. The number of fused-ring (bicyclic) bond motifs is 1. The molecule has 6 nitrogen and oxygen atoms in total. The monoisotopic (exact) mass is 432 g/mol. The highest BCUT2D eigenvalue weighted by Gasteiger charge is 2.53. The highest BCUT2D eigenvalue weighted by Crippen LogP contribution is 2.44. The topological polar surface area (TPSA) is 65.5 Å². The maximum Gasteiger partial charge on any atom is 0.253 e. The van der Waals surface area contributed by atoms with E-state index in [0.29, 0.717) is 25.6 Å². The lowest BCUT2D eigenvalue weighted by molar-refractivity contribution is -0.132. The Morgan fingerprint density at radius 3 is 2.78 bits per heavy atom. The second kappa shape index (κ2) is 8.57. The first-order chi connectivity index (χ1) is 15.5. The summed E-state index contributed by atoms with van der Waals surface area (Å²) in [5, 5.41) is 3.27. The maximum absolute atomic E-state index is 13.6. The molecular formula is C26H32N4O2. The number of hydrogen-bond acceptors (Lipinski definition) is 4. The molecule has 5 rings (SSSR count). The fourth-order valence-electron chi connectivity index (χ4n) is 5.40. The number of aromatic nitrogens is 1. The lowest BCUT2D eigenvalue weighted by atomic mass is 9.74. The predicted octanol–water partition coefficient (Wildman–Crippen LogP) is 3.28. The van der Waals surface area contributed by atoms with Crippen molar-refractivity contribution < 1.29 is 9.59 Å². The predicted molar refractivity (Wildman–Crippen MR) is 124 cm³/mol. The quantitative estimate of drug-likeness (QED) is 0.788. The number of nitrogens with zero attached hydrogens (tertiary/aromatic N) is 3. The van der Waals surface area contributed by atoms with Crippen molar-refractivity contribution in [1.29, 1.82) is 0 Å². The van der Waals surface area contributed by atoms with Gasteiger partial charge < -0.3 is 15.1 Å². The van der Waals surface area contributed by atoms with E-state index < -0.39 is 5.41 Å². The van der Waals surface area contributed by atoms with Gasteiger partial charge in [0.15, 0.2) is 0 Å². The lowest BCUT2D eigenvalue weighted by Crippen LogP contribution is -2.48. The molecule has 2 aliphatic heterocycles. The number of amides is 2. The number of hydrogen-bond donors (Lipinski definition) is 1. The number of likely N-dealkylation sites (tertiary alicyclic amines) is 1. The van der Waals surface area contributed by atoms with Gasteiger partial charge >= 0.3 is 0 Å². The summed E-state index contributed by atoms with van der Waals surface area (Å²) in [6, 6.07) is 13.7. The van der Waals surface area contributed by atoms with Gasteiger partial charge in [0, 0.05) is 50.4 Å². The van der Waals surface area contributed by atoms with Gasteiger partial charge in [0.1, 0.15) is 5.82 Å². The van der Waals surface area contributed by atoms with Crippen molar-refractivity contribution in [3.63, 3.8) is 0 Å². The lowest BCUT2D eigenvalue weighted by Gasteiger charge is -2.32. The molecule has 32 heavy (non-hydrogen) atoms. The third-order valence-corrected chi connectivity index (χ3v) is 7.41. The van der Waals surface area contributed by atoms with Crippen LogP contribution in [0.2, 0.25) is 0 Å². The second-order valence-corrected chi connectivity index (χ2v) is 9.80. The molecule has 1 aromatic carbocycles. The van der Waals surface area contributed by atoms with Crippen molar-refractivity contribution in [3.8, 4) is 0 Å². The van der Waals surface area contributed by atoms with Gasteiger partial charge in [0.2, 0.25) is 5.91 Å². The van der Waals surface area contributed by atoms with Crippen LogP contribution in [0.1, 0.15) is 41.6 Å². The summed E-state index contributed by atoms with van der Waals surface area (Å²) in [4.78, 5) is 35.7. The number of aryl methyl sites for hydroxylation is 1. The number of benzene rings is 1. The van der Waals surface area contributed by atoms with E-state index in [1.165, 1.54) is 12.8 Å². The molecule has 2 atom stereocenters. The number of nitrogens with one attached hydrogen (secondary N) is 1. The zero-order valence-electron chi connectivity index (χ0n) is 18.8. The van der Waals surface area contributed by atoms with E-state index in [4.69, 9.17) is 0 Å². The third kappa shape index (κ3) is 4.10. The Bertz CT molecular complexity index is 990. The minimum atomic E-state index is -0.478.